The molecule has 2 aliphatic rings. The van der Waals surface area contributed by atoms with Gasteiger partial charge in [0, 0.05) is 25.8 Å². The van der Waals surface area contributed by atoms with Crippen molar-refractivity contribution in [1.82, 2.24) is 9.88 Å². The molecule has 96 valence electrons. The van der Waals surface area contributed by atoms with Gasteiger partial charge in [-0.05, 0) is 37.7 Å². The molecule has 1 N–H and O–H groups in total. The van der Waals surface area contributed by atoms with Crippen LogP contribution in [-0.4, -0.2) is 35.4 Å². The molecule has 0 saturated heterocycles. The summed E-state index contributed by atoms with van der Waals surface area (Å²) in [4.78, 5) is 18.8. The molecule has 1 amide bonds. The minimum atomic E-state index is 0.163. The van der Waals surface area contributed by atoms with Crippen LogP contribution in [0.25, 0.3) is 0 Å². The number of hydrogen-bond acceptors (Lipinski definition) is 3. The van der Waals surface area contributed by atoms with Gasteiger partial charge in [-0.2, -0.15) is 0 Å². The Labute approximate surface area is 107 Å². The number of hydrogen-bond donors (Lipinski definition) is 1. The zero-order valence-corrected chi connectivity index (χ0v) is 10.7. The van der Waals surface area contributed by atoms with E-state index in [2.05, 4.69) is 15.2 Å². The zero-order valence-electron chi connectivity index (χ0n) is 10.7. The van der Waals surface area contributed by atoms with Crippen molar-refractivity contribution in [2.45, 2.75) is 31.7 Å². The first-order valence-electron chi connectivity index (χ1n) is 6.72. The predicted octanol–water partition coefficient (Wildman–Crippen LogP) is 2.14. The van der Waals surface area contributed by atoms with Crippen molar-refractivity contribution in [2.75, 3.05) is 18.9 Å². The van der Waals surface area contributed by atoms with Crippen LogP contribution in [0.3, 0.4) is 0 Å². The van der Waals surface area contributed by atoms with Crippen LogP contribution < -0.4 is 5.32 Å². The summed E-state index contributed by atoms with van der Waals surface area (Å²) in [6, 6.07) is 2.30. The average Bonchev–Trinajstić information content (AvgIpc) is 3.28. The minimum absolute atomic E-state index is 0.163. The van der Waals surface area contributed by atoms with E-state index in [9.17, 15) is 4.79 Å². The number of amides is 1. The maximum absolute atomic E-state index is 12.6. The first kappa shape index (κ1) is 11.5. The zero-order chi connectivity index (χ0) is 12.5. The van der Waals surface area contributed by atoms with Crippen LogP contribution in [0.15, 0.2) is 18.5 Å². The molecule has 0 aromatic carbocycles. The molecule has 3 rings (SSSR count). The van der Waals surface area contributed by atoms with Crippen molar-refractivity contribution in [2.24, 2.45) is 5.92 Å². The van der Waals surface area contributed by atoms with Crippen molar-refractivity contribution in [3.8, 4) is 0 Å². The van der Waals surface area contributed by atoms with Crippen LogP contribution >= 0.6 is 0 Å². The maximum Gasteiger partial charge on any atom is 0.256 e. The third kappa shape index (κ3) is 2.33. The summed E-state index contributed by atoms with van der Waals surface area (Å²) in [7, 11) is 1.83. The Morgan fingerprint density at radius 2 is 2.22 bits per heavy atom. The normalized spacial score (nSPS) is 18.5. The van der Waals surface area contributed by atoms with Crippen LogP contribution in [0.5, 0.6) is 0 Å². The molecule has 4 heteroatoms. The van der Waals surface area contributed by atoms with Crippen LogP contribution in [-0.2, 0) is 0 Å². The Hall–Kier alpha value is -1.58. The van der Waals surface area contributed by atoms with E-state index < -0.39 is 0 Å². The molecule has 2 aliphatic carbocycles. The molecule has 0 aliphatic heterocycles. The number of carbonyl (C=O) groups excluding carboxylic acids is 1. The standard InChI is InChI=1S/C14H19N3O/c1-15-13-8-16-7-6-12(13)14(18)17(11-4-5-11)9-10-2-3-10/h6-8,10-11,15H,2-5,9H2,1H3. The highest BCUT2D eigenvalue weighted by molar-refractivity contribution is 5.99. The number of nitrogens with one attached hydrogen (secondary N) is 1. The summed E-state index contributed by atoms with van der Waals surface area (Å²) in [6.45, 7) is 0.939. The molecule has 0 atom stereocenters. The number of aromatic nitrogens is 1. The van der Waals surface area contributed by atoms with E-state index in [1.54, 1.807) is 12.4 Å². The molecule has 2 saturated carbocycles. The first-order valence-corrected chi connectivity index (χ1v) is 6.72. The lowest BCUT2D eigenvalue weighted by molar-refractivity contribution is 0.0735. The maximum atomic E-state index is 12.6. The molecular formula is C14H19N3O. The molecule has 1 aromatic heterocycles. The van der Waals surface area contributed by atoms with Crippen LogP contribution in [0.2, 0.25) is 0 Å². The predicted molar refractivity (Wildman–Crippen MR) is 70.6 cm³/mol. The fraction of sp³-hybridized carbons (Fsp3) is 0.571. The highest BCUT2D eigenvalue weighted by Crippen LogP contribution is 2.36. The molecule has 2 fully saturated rings. The number of carbonyl (C=O) groups is 1. The smallest absolute Gasteiger partial charge is 0.256 e. The van der Waals surface area contributed by atoms with E-state index in [0.717, 1.165) is 23.7 Å². The van der Waals surface area contributed by atoms with Gasteiger partial charge >= 0.3 is 0 Å². The van der Waals surface area contributed by atoms with Crippen molar-refractivity contribution >= 4 is 11.6 Å². The second kappa shape index (κ2) is 4.59. The second-order valence-corrected chi connectivity index (χ2v) is 5.30. The Morgan fingerprint density at radius 3 is 2.83 bits per heavy atom. The third-order valence-electron chi connectivity index (χ3n) is 3.72. The first-order chi connectivity index (χ1) is 8.79. The van der Waals surface area contributed by atoms with Gasteiger partial charge in [-0.25, -0.2) is 0 Å². The fourth-order valence-electron chi connectivity index (χ4n) is 2.30. The van der Waals surface area contributed by atoms with Gasteiger partial charge < -0.3 is 10.2 Å². The Balaban J connectivity index is 1.81. The lowest BCUT2D eigenvalue weighted by Crippen LogP contribution is -2.35. The molecule has 1 aromatic rings. The molecular weight excluding hydrogens is 226 g/mol. The quantitative estimate of drug-likeness (QED) is 0.864. The molecule has 4 nitrogen and oxygen atoms in total. The van der Waals surface area contributed by atoms with E-state index >= 15 is 0 Å². The van der Waals surface area contributed by atoms with Crippen molar-refractivity contribution in [3.63, 3.8) is 0 Å². The summed E-state index contributed by atoms with van der Waals surface area (Å²) in [5, 5.41) is 3.05. The van der Waals surface area contributed by atoms with Crippen molar-refractivity contribution < 1.29 is 4.79 Å². The summed E-state index contributed by atoms with van der Waals surface area (Å²) in [6.07, 6.45) is 8.31. The summed E-state index contributed by atoms with van der Waals surface area (Å²) in [5.41, 5.74) is 1.57. The van der Waals surface area contributed by atoms with Gasteiger partial charge in [0.15, 0.2) is 0 Å². The minimum Gasteiger partial charge on any atom is -0.386 e. The van der Waals surface area contributed by atoms with Gasteiger partial charge in [-0.1, -0.05) is 0 Å². The highest BCUT2D eigenvalue weighted by Gasteiger charge is 2.37. The van der Waals surface area contributed by atoms with E-state index in [1.165, 1.54) is 25.7 Å². The summed E-state index contributed by atoms with van der Waals surface area (Å²) >= 11 is 0. The van der Waals surface area contributed by atoms with Gasteiger partial charge in [-0.15, -0.1) is 0 Å². The molecule has 18 heavy (non-hydrogen) atoms. The Bertz CT molecular complexity index is 452. The summed E-state index contributed by atoms with van der Waals surface area (Å²) < 4.78 is 0. The highest BCUT2D eigenvalue weighted by atomic mass is 16.2. The number of pyridine rings is 1. The van der Waals surface area contributed by atoms with Crippen molar-refractivity contribution in [3.05, 3.63) is 24.0 Å². The third-order valence-corrected chi connectivity index (χ3v) is 3.72. The molecule has 0 radical (unpaired) electrons. The molecule has 0 spiro atoms. The van der Waals surface area contributed by atoms with Gasteiger partial charge in [0.05, 0.1) is 17.4 Å². The van der Waals surface area contributed by atoms with Gasteiger partial charge in [0.2, 0.25) is 0 Å². The monoisotopic (exact) mass is 245 g/mol. The summed E-state index contributed by atoms with van der Waals surface area (Å²) in [5.74, 6) is 0.908. The van der Waals surface area contributed by atoms with Crippen LogP contribution in [0, 0.1) is 5.92 Å². The molecule has 1 heterocycles. The Kier molecular flexibility index (Phi) is 2.94. The Morgan fingerprint density at radius 1 is 1.44 bits per heavy atom. The molecule has 0 bridgehead atoms. The average molecular weight is 245 g/mol. The molecule has 0 unspecified atom stereocenters. The van der Waals surface area contributed by atoms with E-state index in [-0.39, 0.29) is 5.91 Å². The topological polar surface area (TPSA) is 45.2 Å². The lowest BCUT2D eigenvalue weighted by Gasteiger charge is -2.23. The SMILES string of the molecule is CNc1cnccc1C(=O)N(CC1CC1)C1CC1. The largest absolute Gasteiger partial charge is 0.386 e. The van der Waals surface area contributed by atoms with Crippen molar-refractivity contribution in [1.29, 1.82) is 0 Å². The lowest BCUT2D eigenvalue weighted by atomic mass is 10.2. The van der Waals surface area contributed by atoms with Gasteiger partial charge in [-0.3, -0.25) is 9.78 Å². The van der Waals surface area contributed by atoms with Crippen LogP contribution in [0.4, 0.5) is 5.69 Å². The van der Waals surface area contributed by atoms with Gasteiger partial charge in [0.1, 0.15) is 0 Å². The van der Waals surface area contributed by atoms with E-state index in [4.69, 9.17) is 0 Å². The van der Waals surface area contributed by atoms with Crippen LogP contribution in [0.1, 0.15) is 36.0 Å². The van der Waals surface area contributed by atoms with E-state index in [0.29, 0.717) is 6.04 Å². The van der Waals surface area contributed by atoms with Gasteiger partial charge in [0.25, 0.3) is 5.91 Å². The number of anilines is 1. The number of rotatable bonds is 5. The van der Waals surface area contributed by atoms with E-state index in [1.807, 2.05) is 13.1 Å². The fourth-order valence-corrected chi connectivity index (χ4v) is 2.30. The number of nitrogens with zero attached hydrogens (tertiary/aromatic N) is 2. The second-order valence-electron chi connectivity index (χ2n) is 5.30.